The van der Waals surface area contributed by atoms with Crippen molar-refractivity contribution in [3.63, 3.8) is 0 Å². The number of benzene rings is 2. The maximum Gasteiger partial charge on any atom is 0.368 e. The van der Waals surface area contributed by atoms with E-state index in [4.69, 9.17) is 0 Å². The van der Waals surface area contributed by atoms with Gasteiger partial charge in [-0.05, 0) is 32.9 Å². The number of H-pyrrole nitrogens is 1. The van der Waals surface area contributed by atoms with Crippen LogP contribution in [-0.2, 0) is 6.54 Å². The third-order valence-corrected chi connectivity index (χ3v) is 5.47. The Hall–Kier alpha value is -2.59. The molecule has 0 aliphatic carbocycles. The number of rotatable bonds is 6. The van der Waals surface area contributed by atoms with Crippen LogP contribution in [0.5, 0.6) is 0 Å². The second-order valence-electron chi connectivity index (χ2n) is 7.07. The molecule has 0 bridgehead atoms. The van der Waals surface area contributed by atoms with Gasteiger partial charge in [-0.15, -0.1) is 0 Å². The highest BCUT2D eigenvalue weighted by Crippen LogP contribution is 2.22. The van der Waals surface area contributed by atoms with Crippen LogP contribution in [0.2, 0.25) is 0 Å². The van der Waals surface area contributed by atoms with Gasteiger partial charge in [-0.2, -0.15) is 4.40 Å². The molecule has 2 heterocycles. The molecule has 0 saturated heterocycles. The number of quaternary nitrogens is 1. The van der Waals surface area contributed by atoms with Gasteiger partial charge in [0.1, 0.15) is 36.0 Å². The number of imidazole rings is 2. The lowest BCUT2D eigenvalue weighted by Crippen LogP contribution is -3.12. The number of likely N-dealkylation sites (N-methyl/N-ethyl adjacent to an activating group) is 1. The van der Waals surface area contributed by atoms with E-state index in [2.05, 4.69) is 89.5 Å². The normalized spacial score (nSPS) is 11.8. The van der Waals surface area contributed by atoms with Crippen molar-refractivity contribution in [2.75, 3.05) is 19.6 Å². The zero-order valence-corrected chi connectivity index (χ0v) is 15.9. The van der Waals surface area contributed by atoms with Gasteiger partial charge >= 0.3 is 5.78 Å². The first kappa shape index (κ1) is 16.9. The predicted molar refractivity (Wildman–Crippen MR) is 107 cm³/mol. The first-order valence-corrected chi connectivity index (χ1v) is 9.63. The van der Waals surface area contributed by atoms with Gasteiger partial charge in [-0.1, -0.05) is 42.0 Å². The largest absolute Gasteiger partial charge is 0.368 e. The molecule has 0 amide bonds. The number of hydrogen-bond donors (Lipinski definition) is 2. The molecule has 0 unspecified atom stereocenters. The smallest absolute Gasteiger partial charge is 0.333 e. The van der Waals surface area contributed by atoms with Crippen molar-refractivity contribution >= 4 is 16.8 Å². The number of aromatic amines is 1. The molecule has 134 valence electrons. The summed E-state index contributed by atoms with van der Waals surface area (Å²) in [5.74, 6) is 1.16. The van der Waals surface area contributed by atoms with Crippen LogP contribution in [0.15, 0.2) is 54.7 Å². The van der Waals surface area contributed by atoms with E-state index in [-0.39, 0.29) is 0 Å². The first-order valence-electron chi connectivity index (χ1n) is 9.63. The molecule has 2 aromatic carbocycles. The quantitative estimate of drug-likeness (QED) is 0.502. The van der Waals surface area contributed by atoms with Crippen LogP contribution < -0.4 is 9.47 Å². The van der Waals surface area contributed by atoms with Gasteiger partial charge in [0.15, 0.2) is 0 Å². The van der Waals surface area contributed by atoms with Crippen LogP contribution in [0.25, 0.3) is 28.1 Å². The third kappa shape index (κ3) is 2.90. The van der Waals surface area contributed by atoms with Gasteiger partial charge in [-0.25, -0.2) is 9.55 Å². The maximum atomic E-state index is 3.67. The second-order valence-corrected chi connectivity index (χ2v) is 7.07. The van der Waals surface area contributed by atoms with Gasteiger partial charge in [-0.3, -0.25) is 0 Å². The molecule has 0 aliphatic rings. The highest BCUT2D eigenvalue weighted by atomic mass is 15.2. The maximum absolute atomic E-state index is 3.67. The van der Waals surface area contributed by atoms with Crippen molar-refractivity contribution in [1.29, 1.82) is 0 Å². The number of nitrogens with zero attached hydrogens (tertiary/aromatic N) is 2. The van der Waals surface area contributed by atoms with Crippen molar-refractivity contribution in [1.82, 2.24) is 9.38 Å². The number of hydrogen-bond acceptors (Lipinski definition) is 0. The van der Waals surface area contributed by atoms with Crippen molar-refractivity contribution in [2.45, 2.75) is 27.3 Å². The molecule has 0 radical (unpaired) electrons. The summed E-state index contributed by atoms with van der Waals surface area (Å²) in [6.07, 6.45) is 2.23. The van der Waals surface area contributed by atoms with Crippen LogP contribution >= 0.6 is 0 Å². The number of aryl methyl sites for hydroxylation is 1. The zero-order valence-electron chi connectivity index (χ0n) is 15.9. The van der Waals surface area contributed by atoms with E-state index < -0.39 is 0 Å². The molecule has 2 aromatic heterocycles. The summed E-state index contributed by atoms with van der Waals surface area (Å²) < 4.78 is 4.72. The molecule has 0 fully saturated rings. The fourth-order valence-electron chi connectivity index (χ4n) is 3.77. The second kappa shape index (κ2) is 6.96. The molecule has 0 aliphatic heterocycles. The first-order chi connectivity index (χ1) is 12.7. The lowest BCUT2D eigenvalue weighted by Gasteiger charge is -2.14. The van der Waals surface area contributed by atoms with E-state index >= 15 is 0 Å². The summed E-state index contributed by atoms with van der Waals surface area (Å²) in [6, 6.07) is 17.4. The summed E-state index contributed by atoms with van der Waals surface area (Å²) >= 11 is 0. The van der Waals surface area contributed by atoms with Crippen molar-refractivity contribution in [3.05, 3.63) is 60.3 Å². The van der Waals surface area contributed by atoms with Crippen LogP contribution in [0, 0.1) is 6.92 Å². The SMILES string of the molecule is CC[NH+](CC)CC[n+]1c2ccccc2n2cc(-c3ccc(C)cc3)[nH]c21. The van der Waals surface area contributed by atoms with Crippen LogP contribution in [0.3, 0.4) is 0 Å². The number of para-hydroxylation sites is 2. The van der Waals surface area contributed by atoms with E-state index in [0.29, 0.717) is 0 Å². The van der Waals surface area contributed by atoms with Gasteiger partial charge in [0, 0.05) is 5.56 Å². The fourth-order valence-corrected chi connectivity index (χ4v) is 3.77. The van der Waals surface area contributed by atoms with E-state index in [1.54, 1.807) is 4.90 Å². The lowest BCUT2D eigenvalue weighted by atomic mass is 10.1. The summed E-state index contributed by atoms with van der Waals surface area (Å²) in [5.41, 5.74) is 6.22. The Kier molecular flexibility index (Phi) is 4.51. The van der Waals surface area contributed by atoms with Crippen LogP contribution in [0.1, 0.15) is 19.4 Å². The Morgan fingerprint density at radius 2 is 1.73 bits per heavy atom. The molecular formula is C22H28N4+2. The molecule has 4 aromatic rings. The summed E-state index contributed by atoms with van der Waals surface area (Å²) in [4.78, 5) is 5.30. The minimum absolute atomic E-state index is 1.02. The summed E-state index contributed by atoms with van der Waals surface area (Å²) in [6.45, 7) is 11.2. The zero-order chi connectivity index (χ0) is 18.1. The van der Waals surface area contributed by atoms with Crippen molar-refractivity contribution in [3.8, 4) is 11.3 Å². The van der Waals surface area contributed by atoms with Crippen molar-refractivity contribution < 1.29 is 9.47 Å². The molecule has 2 N–H and O–H groups in total. The minimum atomic E-state index is 1.02. The van der Waals surface area contributed by atoms with E-state index in [9.17, 15) is 0 Å². The van der Waals surface area contributed by atoms with Gasteiger partial charge in [0.25, 0.3) is 0 Å². The van der Waals surface area contributed by atoms with Gasteiger partial charge in [0.2, 0.25) is 0 Å². The Morgan fingerprint density at radius 1 is 1.00 bits per heavy atom. The Bertz CT molecular complexity index is 1020. The standard InChI is InChI=1S/C22H26N4/c1-4-24(5-2)14-15-25-20-8-6-7-9-21(20)26-16-19(23-22(25)26)18-12-10-17(3)11-13-18/h6-13,16H,4-5,14-15H2,1-3H3/p+2. The topological polar surface area (TPSA) is 28.5 Å². The number of fused-ring (bicyclic) bond motifs is 3. The molecule has 0 atom stereocenters. The third-order valence-electron chi connectivity index (χ3n) is 5.47. The van der Waals surface area contributed by atoms with Crippen LogP contribution in [-0.4, -0.2) is 29.0 Å². The van der Waals surface area contributed by atoms with Crippen molar-refractivity contribution in [2.24, 2.45) is 0 Å². The summed E-state index contributed by atoms with van der Waals surface area (Å²) in [5, 5.41) is 0. The average molecular weight is 348 g/mol. The van der Waals surface area contributed by atoms with E-state index in [1.807, 2.05) is 0 Å². The van der Waals surface area contributed by atoms with Gasteiger partial charge < -0.3 is 4.90 Å². The lowest BCUT2D eigenvalue weighted by molar-refractivity contribution is -0.912. The Balaban J connectivity index is 1.81. The molecule has 26 heavy (non-hydrogen) atoms. The van der Waals surface area contributed by atoms with Gasteiger partial charge in [0.05, 0.1) is 13.1 Å². The summed E-state index contributed by atoms with van der Waals surface area (Å²) in [7, 11) is 0. The van der Waals surface area contributed by atoms with E-state index in [1.165, 1.54) is 35.2 Å². The number of nitrogens with one attached hydrogen (secondary N) is 2. The van der Waals surface area contributed by atoms with E-state index in [0.717, 1.165) is 24.6 Å². The highest BCUT2D eigenvalue weighted by Gasteiger charge is 2.22. The molecular weight excluding hydrogens is 320 g/mol. The fraction of sp³-hybridized carbons (Fsp3) is 0.318. The van der Waals surface area contributed by atoms with Crippen LogP contribution in [0.4, 0.5) is 0 Å². The highest BCUT2D eigenvalue weighted by molar-refractivity contribution is 5.76. The molecule has 4 heteroatoms. The Labute approximate surface area is 154 Å². The molecule has 0 spiro atoms. The monoisotopic (exact) mass is 348 g/mol. The minimum Gasteiger partial charge on any atom is -0.333 e. The molecule has 4 nitrogen and oxygen atoms in total. The Morgan fingerprint density at radius 3 is 2.46 bits per heavy atom. The average Bonchev–Trinajstić information content (AvgIpc) is 3.22. The predicted octanol–water partition coefficient (Wildman–Crippen LogP) is 2.61. The molecule has 0 saturated carbocycles. The number of aromatic nitrogens is 3. The molecule has 4 rings (SSSR count).